The third-order valence-electron chi connectivity index (χ3n) is 1.71. The number of ether oxygens (including phenoxy) is 1. The van der Waals surface area contributed by atoms with Gasteiger partial charge in [-0.15, -0.1) is 12.4 Å². The molecule has 1 fully saturated rings. The topological polar surface area (TPSA) is 21.3 Å². The zero-order chi connectivity index (χ0) is 6.53. The molecule has 1 N–H and O–H groups in total. The first-order valence-corrected chi connectivity index (χ1v) is 3.74. The molecule has 1 heterocycles. The lowest BCUT2D eigenvalue weighted by atomic mass is 10.1. The summed E-state index contributed by atoms with van der Waals surface area (Å²) in [5.41, 5.74) is 0. The Morgan fingerprint density at radius 2 is 2.00 bits per heavy atom. The van der Waals surface area contributed by atoms with Crippen molar-refractivity contribution in [3.05, 3.63) is 0 Å². The normalized spacial score (nSPS) is 20.1. The second-order valence-corrected chi connectivity index (χ2v) is 2.44. The van der Waals surface area contributed by atoms with Gasteiger partial charge >= 0.3 is 0 Å². The first-order chi connectivity index (χ1) is 4.43. The van der Waals surface area contributed by atoms with Gasteiger partial charge in [-0.25, -0.2) is 0 Å². The third-order valence-corrected chi connectivity index (χ3v) is 1.71. The summed E-state index contributed by atoms with van der Waals surface area (Å²) in [6.45, 7) is 5.12. The van der Waals surface area contributed by atoms with Gasteiger partial charge in [0.2, 0.25) is 0 Å². The zero-order valence-corrected chi connectivity index (χ0v) is 7.25. The fourth-order valence-corrected chi connectivity index (χ4v) is 1.19. The molecule has 1 rings (SSSR count). The van der Waals surface area contributed by atoms with E-state index in [1.165, 1.54) is 12.8 Å². The fraction of sp³-hybridized carbons (Fsp3) is 1.00. The SMILES string of the molecule is CCNC1CCOCC1.Cl. The zero-order valence-electron chi connectivity index (χ0n) is 6.43. The Hall–Kier alpha value is 0.210. The summed E-state index contributed by atoms with van der Waals surface area (Å²) in [5.74, 6) is 0. The van der Waals surface area contributed by atoms with Crippen LogP contribution < -0.4 is 5.32 Å². The van der Waals surface area contributed by atoms with Gasteiger partial charge in [-0.3, -0.25) is 0 Å². The van der Waals surface area contributed by atoms with Gasteiger partial charge < -0.3 is 10.1 Å². The van der Waals surface area contributed by atoms with E-state index in [2.05, 4.69) is 12.2 Å². The molecule has 0 bridgehead atoms. The molecule has 0 spiro atoms. The van der Waals surface area contributed by atoms with Gasteiger partial charge in [0.25, 0.3) is 0 Å². The standard InChI is InChI=1S/C7H15NO.ClH/c1-2-8-7-3-5-9-6-4-7;/h7-8H,2-6H2,1H3;1H. The molecule has 62 valence electrons. The summed E-state index contributed by atoms with van der Waals surface area (Å²) in [6.07, 6.45) is 2.38. The van der Waals surface area contributed by atoms with Crippen molar-refractivity contribution in [1.29, 1.82) is 0 Å². The molecule has 0 atom stereocenters. The van der Waals surface area contributed by atoms with E-state index < -0.39 is 0 Å². The molecule has 0 aliphatic carbocycles. The molecule has 1 aliphatic rings. The average molecular weight is 166 g/mol. The van der Waals surface area contributed by atoms with E-state index in [9.17, 15) is 0 Å². The first-order valence-electron chi connectivity index (χ1n) is 3.74. The summed E-state index contributed by atoms with van der Waals surface area (Å²) in [4.78, 5) is 0. The molecule has 1 aliphatic heterocycles. The van der Waals surface area contributed by atoms with E-state index in [1.54, 1.807) is 0 Å². The highest BCUT2D eigenvalue weighted by molar-refractivity contribution is 5.85. The summed E-state index contributed by atoms with van der Waals surface area (Å²) in [5, 5.41) is 3.40. The Bertz CT molecular complexity index is 71.3. The highest BCUT2D eigenvalue weighted by Crippen LogP contribution is 2.04. The van der Waals surface area contributed by atoms with Gasteiger partial charge in [-0.05, 0) is 19.4 Å². The molecule has 0 radical (unpaired) electrons. The maximum absolute atomic E-state index is 5.21. The Labute approximate surface area is 68.7 Å². The van der Waals surface area contributed by atoms with Crippen LogP contribution in [0, 0.1) is 0 Å². The van der Waals surface area contributed by atoms with Gasteiger partial charge in [0, 0.05) is 19.3 Å². The first kappa shape index (κ1) is 10.2. The smallest absolute Gasteiger partial charge is 0.0480 e. The molecule has 10 heavy (non-hydrogen) atoms. The molecule has 0 aromatic heterocycles. The van der Waals surface area contributed by atoms with Gasteiger partial charge in [0.15, 0.2) is 0 Å². The lowest BCUT2D eigenvalue weighted by Gasteiger charge is -2.22. The van der Waals surface area contributed by atoms with Crippen LogP contribution in [0.2, 0.25) is 0 Å². The maximum Gasteiger partial charge on any atom is 0.0480 e. The lowest BCUT2D eigenvalue weighted by Crippen LogP contribution is -2.34. The Balaban J connectivity index is 0.000000810. The molecule has 0 unspecified atom stereocenters. The molecule has 2 nitrogen and oxygen atoms in total. The fourth-order valence-electron chi connectivity index (χ4n) is 1.19. The van der Waals surface area contributed by atoms with E-state index in [-0.39, 0.29) is 12.4 Å². The summed E-state index contributed by atoms with van der Waals surface area (Å²) < 4.78 is 5.21. The van der Waals surface area contributed by atoms with Crippen LogP contribution in [0.15, 0.2) is 0 Å². The van der Waals surface area contributed by atoms with E-state index in [0.717, 1.165) is 25.8 Å². The number of rotatable bonds is 2. The Kier molecular flexibility index (Phi) is 6.08. The summed E-state index contributed by atoms with van der Waals surface area (Å²) >= 11 is 0. The van der Waals surface area contributed by atoms with Crippen molar-refractivity contribution >= 4 is 12.4 Å². The quantitative estimate of drug-likeness (QED) is 0.664. The van der Waals surface area contributed by atoms with Crippen LogP contribution in [-0.4, -0.2) is 25.8 Å². The van der Waals surface area contributed by atoms with Gasteiger partial charge in [-0.2, -0.15) is 0 Å². The Morgan fingerprint density at radius 3 is 2.50 bits per heavy atom. The van der Waals surface area contributed by atoms with Crippen molar-refractivity contribution in [2.75, 3.05) is 19.8 Å². The second kappa shape index (κ2) is 5.96. The molecular weight excluding hydrogens is 150 g/mol. The highest BCUT2D eigenvalue weighted by atomic mass is 35.5. The van der Waals surface area contributed by atoms with E-state index in [1.807, 2.05) is 0 Å². The largest absolute Gasteiger partial charge is 0.381 e. The van der Waals surface area contributed by atoms with Crippen LogP contribution in [-0.2, 0) is 4.74 Å². The number of nitrogens with one attached hydrogen (secondary N) is 1. The van der Waals surface area contributed by atoms with Crippen molar-refractivity contribution in [2.45, 2.75) is 25.8 Å². The molecular formula is C7H16ClNO. The molecule has 3 heteroatoms. The van der Waals surface area contributed by atoms with Crippen LogP contribution in [0.5, 0.6) is 0 Å². The number of halogens is 1. The average Bonchev–Trinajstić information content (AvgIpc) is 1.91. The lowest BCUT2D eigenvalue weighted by molar-refractivity contribution is 0.0785. The van der Waals surface area contributed by atoms with E-state index in [4.69, 9.17) is 4.74 Å². The number of hydrogen-bond acceptors (Lipinski definition) is 2. The molecule has 0 amide bonds. The molecule has 0 aromatic rings. The van der Waals surface area contributed by atoms with Crippen molar-refractivity contribution in [3.63, 3.8) is 0 Å². The Morgan fingerprint density at radius 1 is 1.40 bits per heavy atom. The molecule has 1 saturated heterocycles. The number of hydrogen-bond donors (Lipinski definition) is 1. The van der Waals surface area contributed by atoms with Gasteiger partial charge in [0.1, 0.15) is 0 Å². The van der Waals surface area contributed by atoms with Crippen LogP contribution in [0.3, 0.4) is 0 Å². The highest BCUT2D eigenvalue weighted by Gasteiger charge is 2.10. The predicted molar refractivity (Wildman–Crippen MR) is 44.8 cm³/mol. The summed E-state index contributed by atoms with van der Waals surface area (Å²) in [7, 11) is 0. The van der Waals surface area contributed by atoms with Crippen LogP contribution in [0.4, 0.5) is 0 Å². The van der Waals surface area contributed by atoms with Crippen LogP contribution in [0.25, 0.3) is 0 Å². The molecule has 0 aromatic carbocycles. The molecule has 0 saturated carbocycles. The maximum atomic E-state index is 5.21. The van der Waals surface area contributed by atoms with Crippen molar-refractivity contribution < 1.29 is 4.74 Å². The minimum absolute atomic E-state index is 0. The van der Waals surface area contributed by atoms with Gasteiger partial charge in [-0.1, -0.05) is 6.92 Å². The second-order valence-electron chi connectivity index (χ2n) is 2.44. The van der Waals surface area contributed by atoms with E-state index in [0.29, 0.717) is 0 Å². The van der Waals surface area contributed by atoms with Crippen LogP contribution in [0.1, 0.15) is 19.8 Å². The van der Waals surface area contributed by atoms with Crippen LogP contribution >= 0.6 is 12.4 Å². The minimum atomic E-state index is 0. The van der Waals surface area contributed by atoms with Crippen molar-refractivity contribution in [2.24, 2.45) is 0 Å². The van der Waals surface area contributed by atoms with Gasteiger partial charge in [0.05, 0.1) is 0 Å². The minimum Gasteiger partial charge on any atom is -0.381 e. The summed E-state index contributed by atoms with van der Waals surface area (Å²) in [6, 6.07) is 0.726. The van der Waals surface area contributed by atoms with Crippen molar-refractivity contribution in [1.82, 2.24) is 5.32 Å². The van der Waals surface area contributed by atoms with E-state index >= 15 is 0 Å². The predicted octanol–water partition coefficient (Wildman–Crippen LogP) is 1.20. The van der Waals surface area contributed by atoms with Crippen molar-refractivity contribution in [3.8, 4) is 0 Å². The third kappa shape index (κ3) is 3.40. The monoisotopic (exact) mass is 165 g/mol.